The number of nitrogens with zero attached hydrogens (tertiary/aromatic N) is 2. The summed E-state index contributed by atoms with van der Waals surface area (Å²) in [4.78, 5) is 5.24. The van der Waals surface area contributed by atoms with Crippen molar-refractivity contribution >= 4 is 0 Å². The largest absolute Gasteiger partial charge is 0.379 e. The van der Waals surface area contributed by atoms with Gasteiger partial charge in [0.2, 0.25) is 0 Å². The van der Waals surface area contributed by atoms with Crippen molar-refractivity contribution in [2.45, 2.75) is 44.2 Å². The third-order valence-electron chi connectivity index (χ3n) is 4.52. The van der Waals surface area contributed by atoms with Gasteiger partial charge in [0.05, 0.1) is 6.10 Å². The summed E-state index contributed by atoms with van der Waals surface area (Å²) in [5.41, 5.74) is 5.68. The Balaban J connectivity index is 1.70. The molecule has 2 heterocycles. The van der Waals surface area contributed by atoms with Crippen molar-refractivity contribution in [1.82, 2.24) is 9.80 Å². The molecule has 1 unspecified atom stereocenters. The number of hydrogen-bond donors (Lipinski definition) is 1. The molecule has 1 atom stereocenters. The standard InChI is InChI=1S/C14H29N3O/c1-18-14(11-15)12-16-9-5-13(6-10-16)17-7-3-2-4-8-17/h13-14H,2-12,15H2,1H3. The lowest BCUT2D eigenvalue weighted by Gasteiger charge is -2.40. The van der Waals surface area contributed by atoms with Crippen LogP contribution in [0.4, 0.5) is 0 Å². The van der Waals surface area contributed by atoms with Crippen molar-refractivity contribution < 1.29 is 4.74 Å². The molecule has 0 bridgehead atoms. The third-order valence-corrected chi connectivity index (χ3v) is 4.52. The van der Waals surface area contributed by atoms with E-state index in [1.165, 1.54) is 58.3 Å². The van der Waals surface area contributed by atoms with Crippen LogP contribution in [0.25, 0.3) is 0 Å². The van der Waals surface area contributed by atoms with Crippen LogP contribution in [0.1, 0.15) is 32.1 Å². The Morgan fingerprint density at radius 3 is 2.33 bits per heavy atom. The molecule has 4 nitrogen and oxygen atoms in total. The molecule has 0 amide bonds. The average molecular weight is 255 g/mol. The minimum atomic E-state index is 0.205. The Hall–Kier alpha value is -0.160. The van der Waals surface area contributed by atoms with E-state index in [4.69, 9.17) is 10.5 Å². The number of rotatable bonds is 5. The van der Waals surface area contributed by atoms with Crippen molar-refractivity contribution in [3.05, 3.63) is 0 Å². The van der Waals surface area contributed by atoms with Crippen LogP contribution >= 0.6 is 0 Å². The molecule has 2 aliphatic heterocycles. The van der Waals surface area contributed by atoms with Gasteiger partial charge in [0.15, 0.2) is 0 Å². The van der Waals surface area contributed by atoms with Gasteiger partial charge in [-0.05, 0) is 51.9 Å². The van der Waals surface area contributed by atoms with Gasteiger partial charge in [0.1, 0.15) is 0 Å². The third kappa shape index (κ3) is 3.92. The van der Waals surface area contributed by atoms with Crippen LogP contribution in [-0.2, 0) is 4.74 Å². The van der Waals surface area contributed by atoms with Gasteiger partial charge in [0.25, 0.3) is 0 Å². The molecule has 0 saturated carbocycles. The van der Waals surface area contributed by atoms with Crippen molar-refractivity contribution in [2.75, 3.05) is 46.4 Å². The Morgan fingerprint density at radius 2 is 1.78 bits per heavy atom. The first kappa shape index (κ1) is 14.3. The molecule has 2 N–H and O–H groups in total. The molecule has 0 aliphatic carbocycles. The number of ether oxygens (including phenoxy) is 1. The average Bonchev–Trinajstić information content (AvgIpc) is 2.46. The van der Waals surface area contributed by atoms with Gasteiger partial charge in [0, 0.05) is 26.2 Å². The van der Waals surface area contributed by atoms with E-state index in [0.29, 0.717) is 6.54 Å². The highest BCUT2D eigenvalue weighted by Crippen LogP contribution is 2.20. The minimum Gasteiger partial charge on any atom is -0.379 e. The Labute approximate surface area is 111 Å². The van der Waals surface area contributed by atoms with E-state index in [9.17, 15) is 0 Å². The van der Waals surface area contributed by atoms with Crippen molar-refractivity contribution in [1.29, 1.82) is 0 Å². The van der Waals surface area contributed by atoms with E-state index in [-0.39, 0.29) is 6.10 Å². The summed E-state index contributed by atoms with van der Waals surface area (Å²) in [6.07, 6.45) is 7.08. The summed E-state index contributed by atoms with van der Waals surface area (Å²) in [6.45, 7) is 6.70. The van der Waals surface area contributed by atoms with E-state index in [2.05, 4.69) is 9.80 Å². The topological polar surface area (TPSA) is 41.7 Å². The predicted molar refractivity (Wildman–Crippen MR) is 74.7 cm³/mol. The SMILES string of the molecule is COC(CN)CN1CCC(N2CCCCC2)CC1. The van der Waals surface area contributed by atoms with Gasteiger partial charge in [-0.15, -0.1) is 0 Å². The van der Waals surface area contributed by atoms with Crippen LogP contribution in [0.15, 0.2) is 0 Å². The van der Waals surface area contributed by atoms with Crippen molar-refractivity contribution in [3.63, 3.8) is 0 Å². The van der Waals surface area contributed by atoms with Crippen LogP contribution in [0, 0.1) is 0 Å². The maximum absolute atomic E-state index is 5.68. The molecule has 106 valence electrons. The maximum atomic E-state index is 5.68. The molecule has 2 saturated heterocycles. The molecular formula is C14H29N3O. The van der Waals surface area contributed by atoms with E-state index in [1.54, 1.807) is 7.11 Å². The van der Waals surface area contributed by atoms with Crippen LogP contribution in [0.3, 0.4) is 0 Å². The monoisotopic (exact) mass is 255 g/mol. The highest BCUT2D eigenvalue weighted by atomic mass is 16.5. The zero-order valence-corrected chi connectivity index (χ0v) is 11.8. The zero-order chi connectivity index (χ0) is 12.8. The van der Waals surface area contributed by atoms with Gasteiger partial charge in [-0.2, -0.15) is 0 Å². The number of methoxy groups -OCH3 is 1. The van der Waals surface area contributed by atoms with E-state index >= 15 is 0 Å². The fourth-order valence-electron chi connectivity index (χ4n) is 3.28. The lowest BCUT2D eigenvalue weighted by atomic mass is 10.00. The smallest absolute Gasteiger partial charge is 0.0820 e. The fourth-order valence-corrected chi connectivity index (χ4v) is 3.28. The molecule has 0 spiro atoms. The molecule has 0 aromatic rings. The second kappa shape index (κ2) is 7.43. The number of piperidine rings is 2. The molecule has 4 heteroatoms. The number of nitrogens with two attached hydrogens (primary N) is 1. The zero-order valence-electron chi connectivity index (χ0n) is 11.8. The Bertz CT molecular complexity index is 219. The maximum Gasteiger partial charge on any atom is 0.0820 e. The molecule has 0 radical (unpaired) electrons. The molecule has 18 heavy (non-hydrogen) atoms. The quantitative estimate of drug-likeness (QED) is 0.793. The number of hydrogen-bond acceptors (Lipinski definition) is 4. The fraction of sp³-hybridized carbons (Fsp3) is 1.00. The summed E-state index contributed by atoms with van der Waals surface area (Å²) < 4.78 is 5.37. The second-order valence-electron chi connectivity index (χ2n) is 5.72. The van der Waals surface area contributed by atoms with Crippen molar-refractivity contribution in [2.24, 2.45) is 5.73 Å². The predicted octanol–water partition coefficient (Wildman–Crippen LogP) is 0.910. The molecule has 2 fully saturated rings. The van der Waals surface area contributed by atoms with E-state index in [0.717, 1.165) is 12.6 Å². The second-order valence-corrected chi connectivity index (χ2v) is 5.72. The summed E-state index contributed by atoms with van der Waals surface area (Å²) in [5.74, 6) is 0. The highest BCUT2D eigenvalue weighted by Gasteiger charge is 2.26. The molecule has 2 rings (SSSR count). The molecule has 0 aromatic heterocycles. The summed E-state index contributed by atoms with van der Waals surface area (Å²) in [5, 5.41) is 0. The Kier molecular flexibility index (Phi) is 5.89. The first-order valence-corrected chi connectivity index (χ1v) is 7.52. The van der Waals surface area contributed by atoms with Gasteiger partial charge >= 0.3 is 0 Å². The van der Waals surface area contributed by atoms with Gasteiger partial charge < -0.3 is 20.3 Å². The first-order chi connectivity index (χ1) is 8.83. The lowest BCUT2D eigenvalue weighted by molar-refractivity contribution is 0.0417. The molecular weight excluding hydrogens is 226 g/mol. The van der Waals surface area contributed by atoms with Crippen LogP contribution in [0.2, 0.25) is 0 Å². The molecule has 0 aromatic carbocycles. The van der Waals surface area contributed by atoms with Gasteiger partial charge in [-0.25, -0.2) is 0 Å². The van der Waals surface area contributed by atoms with Crippen LogP contribution in [-0.4, -0.2) is 68.3 Å². The first-order valence-electron chi connectivity index (χ1n) is 7.52. The van der Waals surface area contributed by atoms with E-state index < -0.39 is 0 Å². The van der Waals surface area contributed by atoms with E-state index in [1.807, 2.05) is 0 Å². The molecule has 2 aliphatic rings. The minimum absolute atomic E-state index is 0.205. The highest BCUT2D eigenvalue weighted by molar-refractivity contribution is 4.82. The van der Waals surface area contributed by atoms with Gasteiger partial charge in [-0.1, -0.05) is 6.42 Å². The van der Waals surface area contributed by atoms with Crippen molar-refractivity contribution in [3.8, 4) is 0 Å². The Morgan fingerprint density at radius 1 is 1.11 bits per heavy atom. The summed E-state index contributed by atoms with van der Waals surface area (Å²) >= 11 is 0. The van der Waals surface area contributed by atoms with Crippen LogP contribution in [0.5, 0.6) is 0 Å². The summed E-state index contributed by atoms with van der Waals surface area (Å²) in [6, 6.07) is 0.834. The normalized spacial score (nSPS) is 26.3. The lowest BCUT2D eigenvalue weighted by Crippen LogP contribution is -2.48. The van der Waals surface area contributed by atoms with Crippen LogP contribution < -0.4 is 5.73 Å². The summed E-state index contributed by atoms with van der Waals surface area (Å²) in [7, 11) is 1.76. The number of likely N-dealkylation sites (tertiary alicyclic amines) is 2. The van der Waals surface area contributed by atoms with Gasteiger partial charge in [-0.3, -0.25) is 0 Å².